The van der Waals surface area contributed by atoms with E-state index in [4.69, 9.17) is 5.73 Å². The van der Waals surface area contributed by atoms with Crippen molar-refractivity contribution in [1.82, 2.24) is 19.5 Å². The molecule has 0 aliphatic heterocycles. The van der Waals surface area contributed by atoms with Crippen LogP contribution in [0.3, 0.4) is 0 Å². The second-order valence-corrected chi connectivity index (χ2v) is 5.88. The minimum absolute atomic E-state index is 0.178. The van der Waals surface area contributed by atoms with Gasteiger partial charge in [-0.3, -0.25) is 9.36 Å². The molecule has 0 aliphatic carbocycles. The first-order chi connectivity index (χ1) is 10.2. The van der Waals surface area contributed by atoms with Gasteiger partial charge in [0.15, 0.2) is 11.2 Å². The Labute approximate surface area is 122 Å². The van der Waals surface area contributed by atoms with E-state index in [1.165, 1.54) is 21.0 Å². The zero-order chi connectivity index (χ0) is 14.4. The van der Waals surface area contributed by atoms with Crippen LogP contribution in [-0.2, 0) is 6.54 Å². The third-order valence-electron chi connectivity index (χ3n) is 3.37. The van der Waals surface area contributed by atoms with Gasteiger partial charge >= 0.3 is 0 Å². The SMILES string of the molecule is Nc1nc2nc[nH]c2c(=O)n1Cc1cc2ccccc2s1. The number of thiophene rings is 1. The second kappa shape index (κ2) is 4.42. The molecule has 0 radical (unpaired) electrons. The summed E-state index contributed by atoms with van der Waals surface area (Å²) >= 11 is 1.65. The number of nitrogens with two attached hydrogens (primary N) is 1. The van der Waals surface area contributed by atoms with E-state index < -0.39 is 0 Å². The number of H-pyrrole nitrogens is 1. The Morgan fingerprint density at radius 2 is 2.19 bits per heavy atom. The van der Waals surface area contributed by atoms with Crippen LogP contribution >= 0.6 is 11.3 Å². The van der Waals surface area contributed by atoms with Crippen LogP contribution in [0, 0.1) is 0 Å². The molecule has 0 spiro atoms. The summed E-state index contributed by atoms with van der Waals surface area (Å²) in [5, 5.41) is 1.17. The molecule has 3 heterocycles. The third kappa shape index (κ3) is 1.90. The lowest BCUT2D eigenvalue weighted by molar-refractivity contribution is 0.772. The fourth-order valence-electron chi connectivity index (χ4n) is 2.36. The summed E-state index contributed by atoms with van der Waals surface area (Å²) in [5.74, 6) is 0.178. The minimum atomic E-state index is -0.201. The van der Waals surface area contributed by atoms with E-state index >= 15 is 0 Å². The van der Waals surface area contributed by atoms with Crippen LogP contribution < -0.4 is 11.3 Å². The largest absolute Gasteiger partial charge is 0.369 e. The van der Waals surface area contributed by atoms with E-state index in [1.54, 1.807) is 11.3 Å². The van der Waals surface area contributed by atoms with E-state index in [1.807, 2.05) is 12.1 Å². The predicted molar refractivity (Wildman–Crippen MR) is 83.5 cm³/mol. The molecular formula is C14H11N5OS. The lowest BCUT2D eigenvalue weighted by Crippen LogP contribution is -2.24. The highest BCUT2D eigenvalue weighted by molar-refractivity contribution is 7.19. The molecule has 4 aromatic rings. The zero-order valence-electron chi connectivity index (χ0n) is 10.9. The van der Waals surface area contributed by atoms with Gasteiger partial charge in [0, 0.05) is 9.58 Å². The van der Waals surface area contributed by atoms with E-state index in [9.17, 15) is 4.79 Å². The molecule has 0 saturated heterocycles. The molecule has 3 N–H and O–H groups in total. The highest BCUT2D eigenvalue weighted by Crippen LogP contribution is 2.26. The van der Waals surface area contributed by atoms with Gasteiger partial charge < -0.3 is 10.7 Å². The molecule has 0 amide bonds. The molecular weight excluding hydrogens is 286 g/mol. The summed E-state index contributed by atoms with van der Waals surface area (Å²) < 4.78 is 2.65. The van der Waals surface area contributed by atoms with Crippen molar-refractivity contribution in [3.05, 3.63) is 51.9 Å². The molecule has 0 unspecified atom stereocenters. The first kappa shape index (κ1) is 12.1. The number of fused-ring (bicyclic) bond motifs is 2. The molecule has 0 aliphatic rings. The lowest BCUT2D eigenvalue weighted by Gasteiger charge is -2.06. The van der Waals surface area contributed by atoms with Crippen molar-refractivity contribution in [2.24, 2.45) is 0 Å². The van der Waals surface area contributed by atoms with Crippen molar-refractivity contribution < 1.29 is 0 Å². The fourth-order valence-corrected chi connectivity index (χ4v) is 3.41. The van der Waals surface area contributed by atoms with E-state index in [2.05, 4.69) is 33.2 Å². The van der Waals surface area contributed by atoms with Gasteiger partial charge in [-0.2, -0.15) is 4.98 Å². The van der Waals surface area contributed by atoms with Crippen LogP contribution in [0.5, 0.6) is 0 Å². The normalized spacial score (nSPS) is 11.4. The highest BCUT2D eigenvalue weighted by Gasteiger charge is 2.12. The van der Waals surface area contributed by atoms with Gasteiger partial charge in [-0.25, -0.2) is 4.98 Å². The average Bonchev–Trinajstić information content (AvgIpc) is 3.09. The number of nitrogens with one attached hydrogen (secondary N) is 1. The Balaban J connectivity index is 1.85. The lowest BCUT2D eigenvalue weighted by atomic mass is 10.2. The quantitative estimate of drug-likeness (QED) is 0.592. The maximum absolute atomic E-state index is 12.4. The molecule has 4 rings (SSSR count). The van der Waals surface area contributed by atoms with E-state index in [0.717, 1.165) is 4.88 Å². The van der Waals surface area contributed by atoms with Crippen molar-refractivity contribution in [3.63, 3.8) is 0 Å². The maximum Gasteiger partial charge on any atom is 0.281 e. The van der Waals surface area contributed by atoms with Gasteiger partial charge in [0.2, 0.25) is 5.95 Å². The van der Waals surface area contributed by atoms with Gasteiger partial charge in [0.05, 0.1) is 12.9 Å². The summed E-state index contributed by atoms with van der Waals surface area (Å²) in [4.78, 5) is 24.4. The number of nitrogen functional groups attached to an aromatic ring is 1. The van der Waals surface area contributed by atoms with E-state index in [-0.39, 0.29) is 11.5 Å². The predicted octanol–water partition coefficient (Wildman–Crippen LogP) is 1.96. The van der Waals surface area contributed by atoms with Crippen LogP contribution in [0.2, 0.25) is 0 Å². The molecule has 104 valence electrons. The molecule has 6 nitrogen and oxygen atoms in total. The molecule has 0 atom stereocenters. The molecule has 7 heteroatoms. The smallest absolute Gasteiger partial charge is 0.281 e. The first-order valence-corrected chi connectivity index (χ1v) is 7.21. The number of aromatic amines is 1. The number of hydrogen-bond acceptors (Lipinski definition) is 5. The van der Waals surface area contributed by atoms with Crippen LogP contribution in [0.15, 0.2) is 41.5 Å². The van der Waals surface area contributed by atoms with Gasteiger partial charge in [0.1, 0.15) is 0 Å². The highest BCUT2D eigenvalue weighted by atomic mass is 32.1. The van der Waals surface area contributed by atoms with Crippen molar-refractivity contribution in [3.8, 4) is 0 Å². The van der Waals surface area contributed by atoms with Crippen LogP contribution in [0.1, 0.15) is 4.88 Å². The Hall–Kier alpha value is -2.67. The fraction of sp³-hybridized carbons (Fsp3) is 0.0714. The Kier molecular flexibility index (Phi) is 2.55. The van der Waals surface area contributed by atoms with Gasteiger partial charge in [-0.15, -0.1) is 11.3 Å². The number of imidazole rings is 1. The Bertz CT molecular complexity index is 980. The van der Waals surface area contributed by atoms with E-state index in [0.29, 0.717) is 17.7 Å². The number of rotatable bonds is 2. The van der Waals surface area contributed by atoms with Crippen molar-refractivity contribution >= 4 is 38.5 Å². The Morgan fingerprint density at radius 1 is 1.33 bits per heavy atom. The zero-order valence-corrected chi connectivity index (χ0v) is 11.7. The molecule has 0 bridgehead atoms. The molecule has 3 aromatic heterocycles. The number of anilines is 1. The van der Waals surface area contributed by atoms with Gasteiger partial charge in [-0.1, -0.05) is 18.2 Å². The molecule has 0 fully saturated rings. The number of aromatic nitrogens is 4. The molecule has 21 heavy (non-hydrogen) atoms. The van der Waals surface area contributed by atoms with Gasteiger partial charge in [0.25, 0.3) is 5.56 Å². The monoisotopic (exact) mass is 297 g/mol. The van der Waals surface area contributed by atoms with Crippen molar-refractivity contribution in [2.75, 3.05) is 5.73 Å². The topological polar surface area (TPSA) is 89.6 Å². The van der Waals surface area contributed by atoms with Crippen LogP contribution in [0.25, 0.3) is 21.3 Å². The average molecular weight is 297 g/mol. The number of nitrogens with zero attached hydrogens (tertiary/aromatic N) is 3. The van der Waals surface area contributed by atoms with Crippen LogP contribution in [-0.4, -0.2) is 19.5 Å². The number of benzene rings is 1. The van der Waals surface area contributed by atoms with Crippen molar-refractivity contribution in [2.45, 2.75) is 6.54 Å². The summed E-state index contributed by atoms with van der Waals surface area (Å²) in [6.45, 7) is 0.409. The summed E-state index contributed by atoms with van der Waals surface area (Å²) in [5.41, 5.74) is 6.42. The van der Waals surface area contributed by atoms with Crippen LogP contribution in [0.4, 0.5) is 5.95 Å². The third-order valence-corrected chi connectivity index (χ3v) is 4.47. The summed E-state index contributed by atoms with van der Waals surface area (Å²) in [7, 11) is 0. The first-order valence-electron chi connectivity index (χ1n) is 6.39. The Morgan fingerprint density at radius 3 is 3.05 bits per heavy atom. The van der Waals surface area contributed by atoms with Gasteiger partial charge in [-0.05, 0) is 17.5 Å². The number of hydrogen-bond donors (Lipinski definition) is 2. The standard InChI is InChI=1S/C14H11N5OS/c15-14-18-12-11(16-7-17-12)13(20)19(14)6-9-5-8-3-1-2-4-10(8)21-9/h1-5,7H,6H2,(H2,15,18)(H,16,17). The summed E-state index contributed by atoms with van der Waals surface area (Å²) in [6.07, 6.45) is 1.45. The summed E-state index contributed by atoms with van der Waals surface area (Å²) in [6, 6.07) is 10.2. The second-order valence-electron chi connectivity index (χ2n) is 4.71. The van der Waals surface area contributed by atoms with Crippen molar-refractivity contribution in [1.29, 1.82) is 0 Å². The molecule has 1 aromatic carbocycles. The minimum Gasteiger partial charge on any atom is -0.369 e. The maximum atomic E-state index is 12.4. The molecule has 0 saturated carbocycles.